The van der Waals surface area contributed by atoms with Crippen LogP contribution >= 0.6 is 0 Å². The summed E-state index contributed by atoms with van der Waals surface area (Å²) in [6.45, 7) is 8.09. The zero-order valence-electron chi connectivity index (χ0n) is 17.5. The van der Waals surface area contributed by atoms with E-state index in [-0.39, 0.29) is 16.9 Å². The molecule has 1 aromatic rings. The van der Waals surface area contributed by atoms with E-state index in [4.69, 9.17) is 9.47 Å². The number of aliphatic hydroxyl groups is 1. The van der Waals surface area contributed by atoms with Gasteiger partial charge in [-0.2, -0.15) is 0 Å². The van der Waals surface area contributed by atoms with Gasteiger partial charge in [0.05, 0.1) is 18.8 Å². The molecule has 0 amide bonds. The Morgan fingerprint density at radius 3 is 2.64 bits per heavy atom. The Hall–Kier alpha value is -2.27. The lowest BCUT2D eigenvalue weighted by molar-refractivity contribution is 0.0367. The third kappa shape index (κ3) is 5.61. The van der Waals surface area contributed by atoms with Crippen molar-refractivity contribution in [3.8, 4) is 11.5 Å². The Labute approximate surface area is 167 Å². The summed E-state index contributed by atoms with van der Waals surface area (Å²) in [6, 6.07) is 4.37. The Bertz CT molecular complexity index is 760. The van der Waals surface area contributed by atoms with Gasteiger partial charge in [0.2, 0.25) is 0 Å². The van der Waals surface area contributed by atoms with Crippen molar-refractivity contribution < 1.29 is 24.5 Å². The molecule has 0 saturated carbocycles. The van der Waals surface area contributed by atoms with E-state index in [2.05, 4.69) is 26.8 Å². The maximum absolute atomic E-state index is 12.7. The van der Waals surface area contributed by atoms with Gasteiger partial charge in [-0.05, 0) is 62.3 Å². The van der Waals surface area contributed by atoms with Crippen LogP contribution in [0, 0.1) is 5.41 Å². The second-order valence-corrected chi connectivity index (χ2v) is 8.26. The van der Waals surface area contributed by atoms with Gasteiger partial charge in [-0.1, -0.05) is 31.6 Å². The Morgan fingerprint density at radius 2 is 1.96 bits per heavy atom. The molecule has 0 saturated heterocycles. The van der Waals surface area contributed by atoms with Crippen LogP contribution in [0.5, 0.6) is 11.5 Å². The van der Waals surface area contributed by atoms with E-state index in [9.17, 15) is 15.0 Å². The summed E-state index contributed by atoms with van der Waals surface area (Å²) in [5.41, 5.74) is 2.14. The first kappa shape index (κ1) is 22.0. The topological polar surface area (TPSA) is 76.0 Å². The number of esters is 1. The average molecular weight is 389 g/mol. The fourth-order valence-electron chi connectivity index (χ4n) is 3.29. The number of methoxy groups -OCH3 is 1. The molecule has 2 atom stereocenters. The summed E-state index contributed by atoms with van der Waals surface area (Å²) in [7, 11) is 1.43. The predicted octanol–water partition coefficient (Wildman–Crippen LogP) is 4.78. The normalized spacial score (nSPS) is 24.9. The smallest absolute Gasteiger partial charge is 0.338 e. The number of ether oxygens (including phenoxy) is 2. The summed E-state index contributed by atoms with van der Waals surface area (Å²) < 4.78 is 10.8. The molecule has 0 heterocycles. The molecule has 154 valence electrons. The molecule has 0 unspecified atom stereocenters. The SMILES string of the molecule is COc1cc(C(=O)O[C@@H]2CC=C(C)CCCC(C)(C)[C@H](O)/C=C/2C)ccc1O. The second kappa shape index (κ2) is 9.28. The molecule has 2 N–H and O–H groups in total. The number of benzene rings is 1. The van der Waals surface area contributed by atoms with E-state index in [0.29, 0.717) is 12.0 Å². The second-order valence-electron chi connectivity index (χ2n) is 8.26. The van der Waals surface area contributed by atoms with Crippen molar-refractivity contribution in [3.05, 3.63) is 47.1 Å². The Morgan fingerprint density at radius 1 is 1.25 bits per heavy atom. The molecule has 0 fully saturated rings. The first-order valence-electron chi connectivity index (χ1n) is 9.74. The standard InChI is InChI=1S/C23H32O5/c1-15-7-6-12-23(3,4)21(25)13-16(2)19(11-8-15)28-22(26)17-9-10-18(24)20(14-17)27-5/h8-10,13-14,19,21,24-25H,6-7,11-12H2,1-5H3/b15-8?,16-13+/t19-,21-/m1/s1. The number of hydrogen-bond donors (Lipinski definition) is 2. The monoisotopic (exact) mass is 388 g/mol. The van der Waals surface area contributed by atoms with Crippen LogP contribution in [0.1, 0.15) is 63.7 Å². The molecule has 5 heteroatoms. The molecule has 0 aliphatic heterocycles. The highest BCUT2D eigenvalue weighted by Gasteiger charge is 2.28. The molecule has 0 bridgehead atoms. The van der Waals surface area contributed by atoms with Gasteiger partial charge in [-0.25, -0.2) is 4.79 Å². The predicted molar refractivity (Wildman–Crippen MR) is 110 cm³/mol. The van der Waals surface area contributed by atoms with E-state index in [1.165, 1.54) is 30.9 Å². The number of phenols is 1. The van der Waals surface area contributed by atoms with Gasteiger partial charge in [0.1, 0.15) is 6.10 Å². The van der Waals surface area contributed by atoms with Crippen LogP contribution in [0.15, 0.2) is 41.5 Å². The summed E-state index contributed by atoms with van der Waals surface area (Å²) in [5, 5.41) is 20.4. The van der Waals surface area contributed by atoms with Crippen LogP contribution in [-0.4, -0.2) is 35.5 Å². The van der Waals surface area contributed by atoms with E-state index in [0.717, 1.165) is 24.8 Å². The van der Waals surface area contributed by atoms with Crippen LogP contribution in [0.3, 0.4) is 0 Å². The van der Waals surface area contributed by atoms with Crippen molar-refractivity contribution in [3.63, 3.8) is 0 Å². The van der Waals surface area contributed by atoms with Crippen molar-refractivity contribution in [1.82, 2.24) is 0 Å². The van der Waals surface area contributed by atoms with Gasteiger partial charge in [0, 0.05) is 6.42 Å². The first-order valence-corrected chi connectivity index (χ1v) is 9.74. The van der Waals surface area contributed by atoms with E-state index in [1.54, 1.807) is 0 Å². The molecule has 1 aliphatic carbocycles. The maximum atomic E-state index is 12.7. The van der Waals surface area contributed by atoms with E-state index >= 15 is 0 Å². The Balaban J connectivity index is 2.28. The van der Waals surface area contributed by atoms with Crippen LogP contribution in [0.2, 0.25) is 0 Å². The molecular formula is C23H32O5. The van der Waals surface area contributed by atoms with Gasteiger partial charge >= 0.3 is 5.97 Å². The lowest BCUT2D eigenvalue weighted by Gasteiger charge is -2.29. The molecule has 0 spiro atoms. The molecule has 28 heavy (non-hydrogen) atoms. The number of rotatable bonds is 3. The van der Waals surface area contributed by atoms with E-state index < -0.39 is 18.2 Å². The maximum Gasteiger partial charge on any atom is 0.338 e. The third-order valence-electron chi connectivity index (χ3n) is 5.47. The van der Waals surface area contributed by atoms with Crippen LogP contribution in [-0.2, 0) is 4.74 Å². The molecule has 5 nitrogen and oxygen atoms in total. The first-order chi connectivity index (χ1) is 13.1. The van der Waals surface area contributed by atoms with Crippen molar-refractivity contribution in [2.45, 2.75) is 65.6 Å². The van der Waals surface area contributed by atoms with Crippen molar-refractivity contribution in [2.75, 3.05) is 7.11 Å². The summed E-state index contributed by atoms with van der Waals surface area (Å²) in [5.74, 6) is -0.309. The van der Waals surface area contributed by atoms with Crippen LogP contribution in [0.25, 0.3) is 0 Å². The molecule has 0 aromatic heterocycles. The number of carbonyl (C=O) groups excluding carboxylic acids is 1. The number of aromatic hydroxyl groups is 1. The molecule has 1 aliphatic rings. The van der Waals surface area contributed by atoms with Gasteiger partial charge in [-0.3, -0.25) is 0 Å². The van der Waals surface area contributed by atoms with Gasteiger partial charge < -0.3 is 19.7 Å². The minimum absolute atomic E-state index is 0.0334. The van der Waals surface area contributed by atoms with E-state index in [1.807, 2.05) is 13.0 Å². The summed E-state index contributed by atoms with van der Waals surface area (Å²) >= 11 is 0. The molecule has 0 radical (unpaired) electrons. The highest BCUT2D eigenvalue weighted by Crippen LogP contribution is 2.32. The number of allylic oxidation sites excluding steroid dienone is 1. The van der Waals surface area contributed by atoms with Crippen molar-refractivity contribution >= 4 is 5.97 Å². The third-order valence-corrected chi connectivity index (χ3v) is 5.47. The summed E-state index contributed by atoms with van der Waals surface area (Å²) in [4.78, 5) is 12.7. The van der Waals surface area contributed by atoms with Gasteiger partial charge in [0.25, 0.3) is 0 Å². The largest absolute Gasteiger partial charge is 0.504 e. The zero-order chi connectivity index (χ0) is 20.9. The highest BCUT2D eigenvalue weighted by molar-refractivity contribution is 5.90. The van der Waals surface area contributed by atoms with Gasteiger partial charge in [0.15, 0.2) is 11.5 Å². The van der Waals surface area contributed by atoms with Crippen molar-refractivity contribution in [1.29, 1.82) is 0 Å². The average Bonchev–Trinajstić information content (AvgIpc) is 2.65. The Kier molecular flexibility index (Phi) is 7.30. The highest BCUT2D eigenvalue weighted by atomic mass is 16.5. The van der Waals surface area contributed by atoms with Gasteiger partial charge in [-0.15, -0.1) is 0 Å². The molecule has 2 rings (SSSR count). The zero-order valence-corrected chi connectivity index (χ0v) is 17.5. The minimum atomic E-state index is -0.610. The quantitative estimate of drug-likeness (QED) is 0.576. The summed E-state index contributed by atoms with van der Waals surface area (Å²) in [6.07, 6.45) is 6.29. The number of hydrogen-bond acceptors (Lipinski definition) is 5. The van der Waals surface area contributed by atoms with Crippen LogP contribution < -0.4 is 4.74 Å². The van der Waals surface area contributed by atoms with Crippen LogP contribution in [0.4, 0.5) is 0 Å². The number of phenolic OH excluding ortho intramolecular Hbond substituents is 1. The number of carbonyl (C=O) groups is 1. The minimum Gasteiger partial charge on any atom is -0.504 e. The lowest BCUT2D eigenvalue weighted by Crippen LogP contribution is -2.29. The number of aliphatic hydroxyl groups excluding tert-OH is 1. The fourth-order valence-corrected chi connectivity index (χ4v) is 3.29. The molecule has 1 aromatic carbocycles. The van der Waals surface area contributed by atoms with Crippen molar-refractivity contribution in [2.24, 2.45) is 5.41 Å². The molecular weight excluding hydrogens is 356 g/mol. The lowest BCUT2D eigenvalue weighted by atomic mass is 9.80. The fraction of sp³-hybridized carbons (Fsp3) is 0.522.